The van der Waals surface area contributed by atoms with Crippen LogP contribution in [0.2, 0.25) is 0 Å². The Balaban J connectivity index is 4.23. The molecular weight excluding hydrogens is 925 g/mol. The van der Waals surface area contributed by atoms with Gasteiger partial charge in [-0.05, 0) is 109 Å². The average Bonchev–Trinajstić information content (AvgIpc) is 3.41. The molecule has 1 unspecified atom stereocenters. The lowest BCUT2D eigenvalue weighted by atomic mass is 10.0. The van der Waals surface area contributed by atoms with Gasteiger partial charge in [0.1, 0.15) is 13.2 Å². The van der Waals surface area contributed by atoms with Gasteiger partial charge >= 0.3 is 17.9 Å². The number of rotatable bonds is 60. The highest BCUT2D eigenvalue weighted by Gasteiger charge is 2.19. The zero-order chi connectivity index (χ0) is 54.3. The molecule has 6 nitrogen and oxygen atoms in total. The molecule has 0 aliphatic heterocycles. The minimum absolute atomic E-state index is 0.0778. The van der Waals surface area contributed by atoms with Gasteiger partial charge in [0.15, 0.2) is 6.10 Å². The molecule has 0 aliphatic rings. The predicted molar refractivity (Wildman–Crippen MR) is 325 cm³/mol. The van der Waals surface area contributed by atoms with Crippen molar-refractivity contribution in [1.82, 2.24) is 0 Å². The van der Waals surface area contributed by atoms with Crippen molar-refractivity contribution >= 4 is 17.9 Å². The molecule has 0 aromatic carbocycles. The van der Waals surface area contributed by atoms with Crippen LogP contribution in [0.3, 0.4) is 0 Å². The first kappa shape index (κ1) is 72.1. The summed E-state index contributed by atoms with van der Waals surface area (Å²) in [6, 6.07) is 0. The van der Waals surface area contributed by atoms with Crippen molar-refractivity contribution in [2.75, 3.05) is 13.2 Å². The minimum Gasteiger partial charge on any atom is -0.462 e. The van der Waals surface area contributed by atoms with E-state index in [1.807, 2.05) is 0 Å². The van der Waals surface area contributed by atoms with Crippen LogP contribution in [0, 0.1) is 0 Å². The topological polar surface area (TPSA) is 78.9 Å². The number of carbonyl (C=O) groups excluding carboxylic acids is 3. The van der Waals surface area contributed by atoms with Crippen molar-refractivity contribution in [3.05, 3.63) is 60.8 Å². The lowest BCUT2D eigenvalue weighted by molar-refractivity contribution is -0.167. The van der Waals surface area contributed by atoms with Crippen LogP contribution >= 0.6 is 0 Å². The zero-order valence-corrected chi connectivity index (χ0v) is 50.1. The lowest BCUT2D eigenvalue weighted by Crippen LogP contribution is -2.30. The summed E-state index contributed by atoms with van der Waals surface area (Å²) in [6.07, 6.45) is 80.9. The maximum Gasteiger partial charge on any atom is 0.306 e. The van der Waals surface area contributed by atoms with E-state index in [4.69, 9.17) is 14.2 Å². The maximum atomic E-state index is 12.9. The van der Waals surface area contributed by atoms with Gasteiger partial charge in [0, 0.05) is 19.3 Å². The van der Waals surface area contributed by atoms with Gasteiger partial charge in [0.05, 0.1) is 0 Å². The van der Waals surface area contributed by atoms with Crippen LogP contribution in [0.5, 0.6) is 0 Å². The SMILES string of the molecule is CCCCC/C=C\CCCCCCCC(=O)OCC(COC(=O)CCCCCCCCCCCCCCCCC/C=C\C/C=C\CCCCCCC)OC(=O)CCCCCCCCC/C=C\C/C=C\CCCCCC. The standard InChI is InChI=1S/C69H124O6/c1-4-7-10-13-16-19-22-25-27-29-31-32-33-34-35-36-37-38-39-41-42-44-47-50-53-56-59-62-68(71)74-65-66(64-73-67(70)61-58-55-52-49-46-24-21-18-15-12-9-6-3)75-69(72)63-60-57-54-51-48-45-43-40-30-28-26-23-20-17-14-11-8-5-2/h18,20-23,25,28-31,66H,4-17,19,24,26-27,32-65H2,1-3H3/b21-18-,23-20-,25-22-,30-28-,31-29-. The van der Waals surface area contributed by atoms with E-state index < -0.39 is 6.10 Å². The zero-order valence-electron chi connectivity index (χ0n) is 50.1. The number of hydrogen-bond acceptors (Lipinski definition) is 6. The second-order valence-corrected chi connectivity index (χ2v) is 22.0. The molecule has 0 bridgehead atoms. The van der Waals surface area contributed by atoms with Crippen molar-refractivity contribution in [3.63, 3.8) is 0 Å². The monoisotopic (exact) mass is 1050 g/mol. The number of hydrogen-bond donors (Lipinski definition) is 0. The quantitative estimate of drug-likeness (QED) is 0.0261. The van der Waals surface area contributed by atoms with E-state index in [0.29, 0.717) is 19.3 Å². The molecule has 0 saturated carbocycles. The second kappa shape index (κ2) is 63.6. The first-order chi connectivity index (χ1) is 37.0. The Hall–Kier alpha value is -2.89. The van der Waals surface area contributed by atoms with Crippen LogP contribution < -0.4 is 0 Å². The summed E-state index contributed by atoms with van der Waals surface area (Å²) in [6.45, 7) is 6.62. The molecule has 0 aliphatic carbocycles. The minimum atomic E-state index is -0.781. The van der Waals surface area contributed by atoms with E-state index in [2.05, 4.69) is 81.5 Å². The largest absolute Gasteiger partial charge is 0.462 e. The van der Waals surface area contributed by atoms with Crippen LogP contribution in [-0.2, 0) is 28.6 Å². The Labute approximate surface area is 466 Å². The summed E-state index contributed by atoms with van der Waals surface area (Å²) in [5.41, 5.74) is 0. The van der Waals surface area contributed by atoms with Crippen molar-refractivity contribution < 1.29 is 28.6 Å². The van der Waals surface area contributed by atoms with Gasteiger partial charge < -0.3 is 14.2 Å². The van der Waals surface area contributed by atoms with Gasteiger partial charge in [-0.1, -0.05) is 274 Å². The van der Waals surface area contributed by atoms with Gasteiger partial charge in [-0.15, -0.1) is 0 Å². The number of allylic oxidation sites excluding steroid dienone is 10. The van der Waals surface area contributed by atoms with Crippen molar-refractivity contribution in [2.24, 2.45) is 0 Å². The van der Waals surface area contributed by atoms with Gasteiger partial charge in [-0.25, -0.2) is 0 Å². The Kier molecular flexibility index (Phi) is 61.2. The molecule has 1 atom stereocenters. The van der Waals surface area contributed by atoms with Crippen LogP contribution in [0.4, 0.5) is 0 Å². The molecule has 0 amide bonds. The van der Waals surface area contributed by atoms with E-state index >= 15 is 0 Å². The fraction of sp³-hybridized carbons (Fsp3) is 0.812. The molecule has 436 valence electrons. The molecule has 0 heterocycles. The Morgan fingerprint density at radius 1 is 0.267 bits per heavy atom. The summed E-state index contributed by atoms with van der Waals surface area (Å²) in [5.74, 6) is -0.879. The smallest absolute Gasteiger partial charge is 0.306 e. The Bertz CT molecular complexity index is 1340. The van der Waals surface area contributed by atoms with Crippen LogP contribution in [0.15, 0.2) is 60.8 Å². The first-order valence-corrected chi connectivity index (χ1v) is 32.8. The summed E-state index contributed by atoms with van der Waals surface area (Å²) in [5, 5.41) is 0. The van der Waals surface area contributed by atoms with Crippen LogP contribution in [0.25, 0.3) is 0 Å². The number of unbranched alkanes of at least 4 members (excludes halogenated alkanes) is 39. The van der Waals surface area contributed by atoms with Crippen molar-refractivity contribution in [1.29, 1.82) is 0 Å². The summed E-state index contributed by atoms with van der Waals surface area (Å²) >= 11 is 0. The van der Waals surface area contributed by atoms with E-state index in [0.717, 1.165) is 83.5 Å². The molecular formula is C69H124O6. The van der Waals surface area contributed by atoms with E-state index in [1.165, 1.54) is 218 Å². The summed E-state index contributed by atoms with van der Waals surface area (Å²) in [4.78, 5) is 38.3. The highest BCUT2D eigenvalue weighted by Crippen LogP contribution is 2.17. The molecule has 0 aromatic rings. The highest BCUT2D eigenvalue weighted by molar-refractivity contribution is 5.71. The fourth-order valence-corrected chi connectivity index (χ4v) is 9.50. The molecule has 0 rings (SSSR count). The van der Waals surface area contributed by atoms with E-state index in [9.17, 15) is 14.4 Å². The second-order valence-electron chi connectivity index (χ2n) is 22.0. The summed E-state index contributed by atoms with van der Waals surface area (Å²) in [7, 11) is 0. The molecule has 0 saturated heterocycles. The predicted octanol–water partition coefficient (Wildman–Crippen LogP) is 22.3. The average molecular weight is 1050 g/mol. The molecule has 0 spiro atoms. The molecule has 6 heteroatoms. The van der Waals surface area contributed by atoms with E-state index in [1.54, 1.807) is 0 Å². The fourth-order valence-electron chi connectivity index (χ4n) is 9.50. The molecule has 0 N–H and O–H groups in total. The van der Waals surface area contributed by atoms with E-state index in [-0.39, 0.29) is 31.1 Å². The summed E-state index contributed by atoms with van der Waals surface area (Å²) < 4.78 is 16.9. The number of esters is 3. The Morgan fingerprint density at radius 3 is 0.787 bits per heavy atom. The van der Waals surface area contributed by atoms with Gasteiger partial charge in [-0.2, -0.15) is 0 Å². The van der Waals surface area contributed by atoms with Gasteiger partial charge in [0.25, 0.3) is 0 Å². The third kappa shape index (κ3) is 61.8. The highest BCUT2D eigenvalue weighted by atomic mass is 16.6. The van der Waals surface area contributed by atoms with Crippen molar-refractivity contribution in [3.8, 4) is 0 Å². The van der Waals surface area contributed by atoms with Crippen LogP contribution in [-0.4, -0.2) is 37.2 Å². The molecule has 0 radical (unpaired) electrons. The molecule has 0 fully saturated rings. The third-order valence-corrected chi connectivity index (χ3v) is 14.5. The number of ether oxygens (including phenoxy) is 3. The first-order valence-electron chi connectivity index (χ1n) is 32.8. The van der Waals surface area contributed by atoms with Gasteiger partial charge in [-0.3, -0.25) is 14.4 Å². The molecule has 0 aromatic heterocycles. The van der Waals surface area contributed by atoms with Gasteiger partial charge in [0.2, 0.25) is 0 Å². The molecule has 75 heavy (non-hydrogen) atoms. The Morgan fingerprint density at radius 2 is 0.480 bits per heavy atom. The van der Waals surface area contributed by atoms with Crippen molar-refractivity contribution in [2.45, 2.75) is 348 Å². The normalized spacial score (nSPS) is 12.4. The maximum absolute atomic E-state index is 12.9. The van der Waals surface area contributed by atoms with Crippen LogP contribution in [0.1, 0.15) is 342 Å². The number of carbonyl (C=O) groups is 3. The third-order valence-electron chi connectivity index (χ3n) is 14.5. The lowest BCUT2D eigenvalue weighted by Gasteiger charge is -2.18.